The predicted octanol–water partition coefficient (Wildman–Crippen LogP) is 1.57. The number of benzene rings is 1. The lowest BCUT2D eigenvalue weighted by Gasteiger charge is -2.32. The summed E-state index contributed by atoms with van der Waals surface area (Å²) in [6, 6.07) is 5.62. The van der Waals surface area contributed by atoms with Gasteiger partial charge in [-0.25, -0.2) is 8.42 Å². The minimum atomic E-state index is -3.49. The number of nitrogens with one attached hydrogen (secondary N) is 2. The molecule has 2 fully saturated rings. The summed E-state index contributed by atoms with van der Waals surface area (Å²) in [5.41, 5.74) is 1.82. The van der Waals surface area contributed by atoms with E-state index in [0.29, 0.717) is 30.8 Å². The highest BCUT2D eigenvalue weighted by Gasteiger charge is 2.33. The fourth-order valence-corrected chi connectivity index (χ4v) is 5.56. The second-order valence-corrected chi connectivity index (χ2v) is 9.41. The molecule has 7 heteroatoms. The summed E-state index contributed by atoms with van der Waals surface area (Å²) in [6.45, 7) is 6.42. The molecule has 0 saturated carbocycles. The summed E-state index contributed by atoms with van der Waals surface area (Å²) in [5.74, 6) is -0.0234. The molecular formula is C19H29N3O3S. The first kappa shape index (κ1) is 19.3. The number of carbonyl (C=O) groups is 1. The second kappa shape index (κ2) is 8.06. The van der Waals surface area contributed by atoms with E-state index in [9.17, 15) is 13.2 Å². The lowest BCUT2D eigenvalue weighted by Crippen LogP contribution is -2.49. The molecule has 6 nitrogen and oxygen atoms in total. The molecule has 0 aromatic heterocycles. The van der Waals surface area contributed by atoms with Gasteiger partial charge in [0.25, 0.3) is 0 Å². The minimum absolute atomic E-state index is 0.0715. The highest BCUT2D eigenvalue weighted by Crippen LogP contribution is 2.26. The molecule has 0 spiro atoms. The van der Waals surface area contributed by atoms with Gasteiger partial charge in [0.1, 0.15) is 0 Å². The summed E-state index contributed by atoms with van der Waals surface area (Å²) in [7, 11) is -3.49. The summed E-state index contributed by atoms with van der Waals surface area (Å²) in [4.78, 5) is 12.9. The van der Waals surface area contributed by atoms with Crippen molar-refractivity contribution >= 4 is 15.9 Å². The largest absolute Gasteiger partial charge is 0.352 e. The molecule has 1 aromatic rings. The summed E-state index contributed by atoms with van der Waals surface area (Å²) < 4.78 is 27.4. The van der Waals surface area contributed by atoms with Crippen LogP contribution in [0.4, 0.5) is 0 Å². The van der Waals surface area contributed by atoms with E-state index >= 15 is 0 Å². The summed E-state index contributed by atoms with van der Waals surface area (Å²) >= 11 is 0. The van der Waals surface area contributed by atoms with Gasteiger partial charge < -0.3 is 10.6 Å². The molecule has 1 amide bonds. The molecule has 2 N–H and O–H groups in total. The van der Waals surface area contributed by atoms with E-state index in [2.05, 4.69) is 10.6 Å². The number of aryl methyl sites for hydroxylation is 2. The zero-order valence-electron chi connectivity index (χ0n) is 15.6. The van der Waals surface area contributed by atoms with E-state index in [4.69, 9.17) is 0 Å². The zero-order chi connectivity index (χ0) is 18.7. The molecule has 144 valence electrons. The SMILES string of the molecule is Cc1ccc(S(=O)(=O)N2CCC(C(=O)NC3CCCNC3)CC2)c(C)c1. The van der Waals surface area contributed by atoms with Crippen molar-refractivity contribution in [2.45, 2.75) is 50.5 Å². The molecule has 2 saturated heterocycles. The number of carbonyl (C=O) groups excluding carboxylic acids is 1. The Bertz CT molecular complexity index is 749. The normalized spacial score (nSPS) is 22.9. The van der Waals surface area contributed by atoms with Crippen molar-refractivity contribution in [3.8, 4) is 0 Å². The molecule has 3 rings (SSSR count). The van der Waals surface area contributed by atoms with Gasteiger partial charge in [-0.1, -0.05) is 17.7 Å². The Morgan fingerprint density at radius 3 is 2.54 bits per heavy atom. The van der Waals surface area contributed by atoms with Crippen molar-refractivity contribution in [3.05, 3.63) is 29.3 Å². The lowest BCUT2D eigenvalue weighted by molar-refractivity contribution is -0.126. The van der Waals surface area contributed by atoms with E-state index in [1.807, 2.05) is 26.0 Å². The number of sulfonamides is 1. The topological polar surface area (TPSA) is 78.5 Å². The molecule has 0 bridgehead atoms. The molecule has 2 aliphatic heterocycles. The Morgan fingerprint density at radius 1 is 1.19 bits per heavy atom. The first-order chi connectivity index (χ1) is 12.4. The van der Waals surface area contributed by atoms with Gasteiger partial charge in [-0.2, -0.15) is 4.31 Å². The van der Waals surface area contributed by atoms with Crippen LogP contribution in [0.1, 0.15) is 36.8 Å². The van der Waals surface area contributed by atoms with Gasteiger partial charge in [0, 0.05) is 31.6 Å². The van der Waals surface area contributed by atoms with Crippen molar-refractivity contribution < 1.29 is 13.2 Å². The third-order valence-corrected chi connectivity index (χ3v) is 7.48. The Balaban J connectivity index is 1.59. The Labute approximate surface area is 156 Å². The quantitative estimate of drug-likeness (QED) is 0.832. The van der Waals surface area contributed by atoms with Crippen molar-refractivity contribution in [2.75, 3.05) is 26.2 Å². The number of rotatable bonds is 4. The average molecular weight is 380 g/mol. The van der Waals surface area contributed by atoms with Crippen LogP contribution in [0.2, 0.25) is 0 Å². The number of amides is 1. The van der Waals surface area contributed by atoms with Gasteiger partial charge in [0.15, 0.2) is 0 Å². The van der Waals surface area contributed by atoms with Crippen LogP contribution in [0.5, 0.6) is 0 Å². The molecular weight excluding hydrogens is 350 g/mol. The Hall–Kier alpha value is -1.44. The van der Waals surface area contributed by atoms with Crippen LogP contribution in [-0.4, -0.2) is 50.9 Å². The number of hydrogen-bond donors (Lipinski definition) is 2. The van der Waals surface area contributed by atoms with Crippen LogP contribution in [0.3, 0.4) is 0 Å². The predicted molar refractivity (Wildman–Crippen MR) is 101 cm³/mol. The van der Waals surface area contributed by atoms with Gasteiger partial charge in [-0.15, -0.1) is 0 Å². The molecule has 0 radical (unpaired) electrons. The fraction of sp³-hybridized carbons (Fsp3) is 0.632. The van der Waals surface area contributed by atoms with Crippen LogP contribution in [0, 0.1) is 19.8 Å². The standard InChI is InChI=1S/C19H29N3O3S/c1-14-5-6-18(15(2)12-14)26(24,25)22-10-7-16(8-11-22)19(23)21-17-4-3-9-20-13-17/h5-6,12,16-17,20H,3-4,7-11,13H2,1-2H3,(H,21,23). The van der Waals surface area contributed by atoms with E-state index < -0.39 is 10.0 Å². The van der Waals surface area contributed by atoms with E-state index in [0.717, 1.165) is 37.1 Å². The Morgan fingerprint density at radius 2 is 1.92 bits per heavy atom. The van der Waals surface area contributed by atoms with Crippen LogP contribution in [0.25, 0.3) is 0 Å². The van der Waals surface area contributed by atoms with E-state index in [1.165, 1.54) is 4.31 Å². The van der Waals surface area contributed by atoms with Crippen molar-refractivity contribution in [1.82, 2.24) is 14.9 Å². The van der Waals surface area contributed by atoms with Crippen LogP contribution >= 0.6 is 0 Å². The molecule has 26 heavy (non-hydrogen) atoms. The van der Waals surface area contributed by atoms with Crippen molar-refractivity contribution in [1.29, 1.82) is 0 Å². The smallest absolute Gasteiger partial charge is 0.243 e. The third-order valence-electron chi connectivity index (χ3n) is 5.42. The van der Waals surface area contributed by atoms with Crippen LogP contribution in [0.15, 0.2) is 23.1 Å². The first-order valence-corrected chi connectivity index (χ1v) is 10.9. The molecule has 1 unspecified atom stereocenters. The maximum Gasteiger partial charge on any atom is 0.243 e. The third kappa shape index (κ3) is 4.27. The monoisotopic (exact) mass is 379 g/mol. The maximum absolute atomic E-state index is 12.9. The molecule has 1 atom stereocenters. The van der Waals surface area contributed by atoms with Crippen molar-refractivity contribution in [2.24, 2.45) is 5.92 Å². The number of hydrogen-bond acceptors (Lipinski definition) is 4. The van der Waals surface area contributed by atoms with Gasteiger partial charge in [-0.05, 0) is 57.7 Å². The molecule has 0 aliphatic carbocycles. The second-order valence-electron chi connectivity index (χ2n) is 7.50. The Kier molecular flexibility index (Phi) is 5.99. The zero-order valence-corrected chi connectivity index (χ0v) is 16.4. The maximum atomic E-state index is 12.9. The summed E-state index contributed by atoms with van der Waals surface area (Å²) in [6.07, 6.45) is 3.25. The minimum Gasteiger partial charge on any atom is -0.352 e. The average Bonchev–Trinajstić information content (AvgIpc) is 2.62. The molecule has 2 heterocycles. The van der Waals surface area contributed by atoms with Gasteiger partial charge in [0.2, 0.25) is 15.9 Å². The highest BCUT2D eigenvalue weighted by molar-refractivity contribution is 7.89. The van der Waals surface area contributed by atoms with Gasteiger partial charge in [-0.3, -0.25) is 4.79 Å². The molecule has 1 aromatic carbocycles. The lowest BCUT2D eigenvalue weighted by atomic mass is 9.96. The van der Waals surface area contributed by atoms with E-state index in [1.54, 1.807) is 6.07 Å². The highest BCUT2D eigenvalue weighted by atomic mass is 32.2. The van der Waals surface area contributed by atoms with Crippen LogP contribution < -0.4 is 10.6 Å². The van der Waals surface area contributed by atoms with Gasteiger partial charge >= 0.3 is 0 Å². The summed E-state index contributed by atoms with van der Waals surface area (Å²) in [5, 5.41) is 6.41. The van der Waals surface area contributed by atoms with E-state index in [-0.39, 0.29) is 17.9 Å². The fourth-order valence-electron chi connectivity index (χ4n) is 3.88. The molecule has 2 aliphatic rings. The van der Waals surface area contributed by atoms with Crippen LogP contribution in [-0.2, 0) is 14.8 Å². The van der Waals surface area contributed by atoms with Crippen molar-refractivity contribution in [3.63, 3.8) is 0 Å². The number of nitrogens with zero attached hydrogens (tertiary/aromatic N) is 1. The van der Waals surface area contributed by atoms with Gasteiger partial charge in [0.05, 0.1) is 4.90 Å². The first-order valence-electron chi connectivity index (χ1n) is 9.46. The number of piperidine rings is 2.